The van der Waals surface area contributed by atoms with E-state index in [2.05, 4.69) is 4.74 Å². The van der Waals surface area contributed by atoms with E-state index in [1.54, 1.807) is 13.0 Å². The van der Waals surface area contributed by atoms with E-state index in [-0.39, 0.29) is 10.6 Å². The van der Waals surface area contributed by atoms with Crippen LogP contribution >= 0.6 is 11.6 Å². The number of ether oxygens (including phenoxy) is 2. The number of ketones is 1. The summed E-state index contributed by atoms with van der Waals surface area (Å²) in [5.41, 5.74) is 0.828. The van der Waals surface area contributed by atoms with E-state index in [0.717, 1.165) is 7.11 Å². The first kappa shape index (κ1) is 12.5. The van der Waals surface area contributed by atoms with Crippen molar-refractivity contribution in [2.45, 2.75) is 6.92 Å². The van der Waals surface area contributed by atoms with Crippen molar-refractivity contribution in [3.63, 3.8) is 0 Å². The average Bonchev–Trinajstić information content (AvgIpc) is 2.29. The molecule has 0 saturated heterocycles. The van der Waals surface area contributed by atoms with Crippen molar-refractivity contribution in [1.82, 2.24) is 0 Å². The smallest absolute Gasteiger partial charge is 0.379 e. The fourth-order valence-corrected chi connectivity index (χ4v) is 1.50. The molecule has 0 atom stereocenters. The Morgan fingerprint density at radius 2 is 1.88 bits per heavy atom. The minimum absolute atomic E-state index is 0.220. The molecule has 1 aromatic rings. The summed E-state index contributed by atoms with van der Waals surface area (Å²) in [5.74, 6) is -1.17. The molecular formula is C11H11ClO4. The quantitative estimate of drug-likeness (QED) is 0.462. The average molecular weight is 243 g/mol. The number of carbonyl (C=O) groups is 2. The van der Waals surface area contributed by atoms with Crippen LogP contribution in [0.1, 0.15) is 15.9 Å². The molecule has 0 aliphatic heterocycles. The van der Waals surface area contributed by atoms with Gasteiger partial charge in [0.25, 0.3) is 5.78 Å². The lowest BCUT2D eigenvalue weighted by atomic mass is 10.0. The van der Waals surface area contributed by atoms with E-state index >= 15 is 0 Å². The summed E-state index contributed by atoms with van der Waals surface area (Å²) in [4.78, 5) is 22.7. The van der Waals surface area contributed by atoms with Gasteiger partial charge in [-0.25, -0.2) is 4.79 Å². The van der Waals surface area contributed by atoms with Gasteiger partial charge in [0.15, 0.2) is 0 Å². The first-order valence-corrected chi connectivity index (χ1v) is 4.85. The SMILES string of the molecule is COC(=O)C(=O)c1cc(Cl)c(OC)cc1C. The van der Waals surface area contributed by atoms with Crippen LogP contribution in [-0.2, 0) is 9.53 Å². The van der Waals surface area contributed by atoms with Gasteiger partial charge >= 0.3 is 5.97 Å². The third-order valence-electron chi connectivity index (χ3n) is 2.11. The summed E-state index contributed by atoms with van der Waals surface area (Å²) in [5, 5.41) is 0.278. The van der Waals surface area contributed by atoms with E-state index < -0.39 is 11.8 Å². The summed E-state index contributed by atoms with van der Waals surface area (Å²) >= 11 is 5.86. The van der Waals surface area contributed by atoms with Gasteiger partial charge in [0.1, 0.15) is 5.75 Å². The Kier molecular flexibility index (Phi) is 3.90. The first-order chi connectivity index (χ1) is 7.51. The minimum atomic E-state index is -0.913. The number of Topliss-reactive ketones (excluding diaryl/α,β-unsaturated/α-hetero) is 1. The predicted octanol–water partition coefficient (Wildman–Crippen LogP) is 2.01. The van der Waals surface area contributed by atoms with Crippen LogP contribution in [0.3, 0.4) is 0 Å². The lowest BCUT2D eigenvalue weighted by Gasteiger charge is -2.08. The third-order valence-corrected chi connectivity index (χ3v) is 2.41. The predicted molar refractivity (Wildman–Crippen MR) is 59.1 cm³/mol. The van der Waals surface area contributed by atoms with Crippen molar-refractivity contribution in [3.8, 4) is 5.75 Å². The van der Waals surface area contributed by atoms with Crippen LogP contribution in [0.15, 0.2) is 12.1 Å². The molecule has 0 aliphatic carbocycles. The Morgan fingerprint density at radius 3 is 2.38 bits per heavy atom. The van der Waals surface area contributed by atoms with Crippen molar-refractivity contribution in [3.05, 3.63) is 28.3 Å². The second kappa shape index (κ2) is 4.99. The molecule has 0 heterocycles. The van der Waals surface area contributed by atoms with Gasteiger partial charge in [-0.2, -0.15) is 0 Å². The van der Waals surface area contributed by atoms with E-state index in [4.69, 9.17) is 16.3 Å². The van der Waals surface area contributed by atoms with Crippen LogP contribution < -0.4 is 4.74 Å². The largest absolute Gasteiger partial charge is 0.495 e. The molecule has 86 valence electrons. The van der Waals surface area contributed by atoms with Gasteiger partial charge in [-0.15, -0.1) is 0 Å². The number of benzene rings is 1. The van der Waals surface area contributed by atoms with E-state index in [9.17, 15) is 9.59 Å². The van der Waals surface area contributed by atoms with Crippen molar-refractivity contribution >= 4 is 23.4 Å². The summed E-state index contributed by atoms with van der Waals surface area (Å²) in [6.07, 6.45) is 0. The number of hydrogen-bond donors (Lipinski definition) is 0. The number of hydrogen-bond acceptors (Lipinski definition) is 4. The topological polar surface area (TPSA) is 52.6 Å². The van der Waals surface area contributed by atoms with Gasteiger partial charge in [0, 0.05) is 5.56 Å². The van der Waals surface area contributed by atoms with Crippen LogP contribution in [0.2, 0.25) is 5.02 Å². The fraction of sp³-hybridized carbons (Fsp3) is 0.273. The number of methoxy groups -OCH3 is 2. The van der Waals surface area contributed by atoms with Gasteiger partial charge in [-0.05, 0) is 24.6 Å². The highest BCUT2D eigenvalue weighted by molar-refractivity contribution is 6.41. The number of aryl methyl sites for hydroxylation is 1. The molecule has 0 fully saturated rings. The fourth-order valence-electron chi connectivity index (χ4n) is 1.26. The van der Waals surface area contributed by atoms with E-state index in [1.165, 1.54) is 13.2 Å². The highest BCUT2D eigenvalue weighted by Crippen LogP contribution is 2.28. The molecule has 16 heavy (non-hydrogen) atoms. The number of rotatable bonds is 3. The highest BCUT2D eigenvalue weighted by Gasteiger charge is 2.20. The number of esters is 1. The molecule has 0 aromatic heterocycles. The number of carbonyl (C=O) groups excluding carboxylic acids is 2. The van der Waals surface area contributed by atoms with Gasteiger partial charge in [0.05, 0.1) is 19.2 Å². The Morgan fingerprint density at radius 1 is 1.25 bits per heavy atom. The molecule has 4 nitrogen and oxygen atoms in total. The molecule has 0 saturated carbocycles. The monoisotopic (exact) mass is 242 g/mol. The zero-order valence-corrected chi connectivity index (χ0v) is 9.92. The molecule has 0 N–H and O–H groups in total. The number of halogens is 1. The van der Waals surface area contributed by atoms with Crippen LogP contribution in [0.4, 0.5) is 0 Å². The second-order valence-electron chi connectivity index (χ2n) is 3.12. The Balaban J connectivity index is 3.21. The minimum Gasteiger partial charge on any atom is -0.495 e. The second-order valence-corrected chi connectivity index (χ2v) is 3.53. The zero-order valence-electron chi connectivity index (χ0n) is 9.17. The molecule has 0 unspecified atom stereocenters. The standard InChI is InChI=1S/C11H11ClO4/c1-6-4-9(15-2)8(12)5-7(6)10(13)11(14)16-3/h4-5H,1-3H3. The van der Waals surface area contributed by atoms with Crippen LogP contribution in [-0.4, -0.2) is 26.0 Å². The lowest BCUT2D eigenvalue weighted by molar-refractivity contribution is -0.135. The molecule has 0 bridgehead atoms. The van der Waals surface area contributed by atoms with Gasteiger partial charge in [-0.3, -0.25) is 4.79 Å². The van der Waals surface area contributed by atoms with Crippen LogP contribution in [0.25, 0.3) is 0 Å². The first-order valence-electron chi connectivity index (χ1n) is 4.48. The summed E-state index contributed by atoms with van der Waals surface area (Å²) in [6.45, 7) is 1.69. The molecule has 5 heteroatoms. The van der Waals surface area contributed by atoms with Crippen LogP contribution in [0.5, 0.6) is 5.75 Å². The maximum atomic E-state index is 11.6. The third kappa shape index (κ3) is 2.33. The Bertz CT molecular complexity index is 440. The maximum Gasteiger partial charge on any atom is 0.379 e. The summed E-state index contributed by atoms with van der Waals surface area (Å²) in [7, 11) is 2.63. The van der Waals surface area contributed by atoms with Gasteiger partial charge in [0.2, 0.25) is 0 Å². The van der Waals surface area contributed by atoms with Crippen molar-refractivity contribution < 1.29 is 19.1 Å². The molecule has 0 radical (unpaired) electrons. The molecule has 1 rings (SSSR count). The Hall–Kier alpha value is -1.55. The molecule has 1 aromatic carbocycles. The van der Waals surface area contributed by atoms with Gasteiger partial charge in [-0.1, -0.05) is 11.6 Å². The van der Waals surface area contributed by atoms with Crippen molar-refractivity contribution in [2.75, 3.05) is 14.2 Å². The van der Waals surface area contributed by atoms with Gasteiger partial charge < -0.3 is 9.47 Å². The Labute approximate surface area is 98.1 Å². The van der Waals surface area contributed by atoms with Crippen LogP contribution in [0, 0.1) is 6.92 Å². The normalized spacial score (nSPS) is 9.75. The summed E-state index contributed by atoms with van der Waals surface area (Å²) in [6, 6.07) is 2.99. The summed E-state index contributed by atoms with van der Waals surface area (Å²) < 4.78 is 9.34. The van der Waals surface area contributed by atoms with Crippen molar-refractivity contribution in [1.29, 1.82) is 0 Å². The van der Waals surface area contributed by atoms with E-state index in [1.807, 2.05) is 0 Å². The molecule has 0 aliphatic rings. The van der Waals surface area contributed by atoms with E-state index in [0.29, 0.717) is 11.3 Å². The molecular weight excluding hydrogens is 232 g/mol. The molecule has 0 amide bonds. The highest BCUT2D eigenvalue weighted by atomic mass is 35.5. The van der Waals surface area contributed by atoms with Crippen molar-refractivity contribution in [2.24, 2.45) is 0 Å². The lowest BCUT2D eigenvalue weighted by Crippen LogP contribution is -2.16. The zero-order chi connectivity index (χ0) is 12.3. The molecule has 0 spiro atoms. The maximum absolute atomic E-state index is 11.6.